The van der Waals surface area contributed by atoms with Gasteiger partial charge in [-0.2, -0.15) is 0 Å². The molecule has 0 saturated heterocycles. The molecule has 0 radical (unpaired) electrons. The Kier molecular flexibility index (Phi) is 3.79. The summed E-state index contributed by atoms with van der Waals surface area (Å²) in [7, 11) is -3.78. The minimum absolute atomic E-state index is 0.0229. The summed E-state index contributed by atoms with van der Waals surface area (Å²) in [4.78, 5) is 11.1. The minimum atomic E-state index is -3.78. The lowest BCUT2D eigenvalue weighted by Gasteiger charge is -2.09. The zero-order valence-electron chi connectivity index (χ0n) is 9.33. The van der Waals surface area contributed by atoms with Gasteiger partial charge in [0.25, 0.3) is 10.0 Å². The maximum atomic E-state index is 12.0. The van der Waals surface area contributed by atoms with E-state index in [-0.39, 0.29) is 20.5 Å². The number of hydrogen-bond acceptors (Lipinski definition) is 4. The number of benzene rings is 1. The molecule has 0 amide bonds. The Morgan fingerprint density at radius 1 is 1.32 bits per heavy atom. The first-order chi connectivity index (χ1) is 8.90. The molecule has 0 bridgehead atoms. The first kappa shape index (κ1) is 13.9. The van der Waals surface area contributed by atoms with E-state index in [1.54, 1.807) is 11.4 Å². The quantitative estimate of drug-likeness (QED) is 0.908. The predicted molar refractivity (Wildman–Crippen MR) is 73.5 cm³/mol. The molecule has 0 aliphatic carbocycles. The summed E-state index contributed by atoms with van der Waals surface area (Å²) < 4.78 is 26.3. The molecule has 0 saturated carbocycles. The molecule has 0 atom stereocenters. The standard InChI is InChI=1S/C11H8ClNO4S2/c12-7-3-4-9(8(6-7)11(14)15)13-19(16,17)10-2-1-5-18-10/h1-6,13H,(H,14,15). The van der Waals surface area contributed by atoms with E-state index in [4.69, 9.17) is 16.7 Å². The molecule has 1 heterocycles. The molecular weight excluding hydrogens is 310 g/mol. The van der Waals surface area contributed by atoms with Gasteiger partial charge in [-0.3, -0.25) is 4.72 Å². The third kappa shape index (κ3) is 3.06. The number of aromatic carboxylic acids is 1. The fourth-order valence-corrected chi connectivity index (χ4v) is 3.64. The van der Waals surface area contributed by atoms with Crippen LogP contribution in [0.5, 0.6) is 0 Å². The lowest BCUT2D eigenvalue weighted by molar-refractivity contribution is 0.0698. The zero-order valence-corrected chi connectivity index (χ0v) is 11.7. The summed E-state index contributed by atoms with van der Waals surface area (Å²) in [5.74, 6) is -1.26. The Labute approximate surface area is 118 Å². The number of thiophene rings is 1. The summed E-state index contributed by atoms with van der Waals surface area (Å²) >= 11 is 6.74. The third-order valence-corrected chi connectivity index (χ3v) is 5.21. The lowest BCUT2D eigenvalue weighted by atomic mass is 10.2. The molecule has 2 N–H and O–H groups in total. The van der Waals surface area contributed by atoms with Crippen molar-refractivity contribution in [3.8, 4) is 0 Å². The van der Waals surface area contributed by atoms with Crippen molar-refractivity contribution in [1.29, 1.82) is 0 Å². The van der Waals surface area contributed by atoms with Gasteiger partial charge in [0, 0.05) is 5.02 Å². The van der Waals surface area contributed by atoms with Gasteiger partial charge < -0.3 is 5.11 Å². The minimum Gasteiger partial charge on any atom is -0.478 e. The number of carboxylic acid groups (broad SMARTS) is 1. The smallest absolute Gasteiger partial charge is 0.337 e. The van der Waals surface area contributed by atoms with E-state index in [2.05, 4.69) is 4.72 Å². The van der Waals surface area contributed by atoms with Crippen molar-refractivity contribution in [2.24, 2.45) is 0 Å². The van der Waals surface area contributed by atoms with Crippen LogP contribution in [-0.4, -0.2) is 19.5 Å². The zero-order chi connectivity index (χ0) is 14.0. The van der Waals surface area contributed by atoms with Crippen LogP contribution in [0.2, 0.25) is 5.02 Å². The normalized spacial score (nSPS) is 11.2. The van der Waals surface area contributed by atoms with Gasteiger partial charge >= 0.3 is 5.97 Å². The van der Waals surface area contributed by atoms with Crippen molar-refractivity contribution in [2.75, 3.05) is 4.72 Å². The molecule has 8 heteroatoms. The number of anilines is 1. The van der Waals surface area contributed by atoms with Crippen LogP contribution < -0.4 is 4.72 Å². The molecule has 0 unspecified atom stereocenters. The Hall–Kier alpha value is -1.57. The van der Waals surface area contributed by atoms with Crippen molar-refractivity contribution in [3.05, 3.63) is 46.3 Å². The molecule has 0 spiro atoms. The largest absolute Gasteiger partial charge is 0.478 e. The average molecular weight is 318 g/mol. The molecule has 5 nitrogen and oxygen atoms in total. The SMILES string of the molecule is O=C(O)c1cc(Cl)ccc1NS(=O)(=O)c1cccs1. The van der Waals surface area contributed by atoms with Gasteiger partial charge in [0.2, 0.25) is 0 Å². The molecular formula is C11H8ClNO4S2. The highest BCUT2D eigenvalue weighted by Crippen LogP contribution is 2.25. The molecule has 2 aromatic rings. The van der Waals surface area contributed by atoms with E-state index in [9.17, 15) is 13.2 Å². The second-order valence-electron chi connectivity index (χ2n) is 3.53. The van der Waals surface area contributed by atoms with Crippen LogP contribution in [0.25, 0.3) is 0 Å². The average Bonchev–Trinajstić information content (AvgIpc) is 2.85. The van der Waals surface area contributed by atoms with Crippen LogP contribution in [-0.2, 0) is 10.0 Å². The highest BCUT2D eigenvalue weighted by atomic mass is 35.5. The van der Waals surface area contributed by atoms with Crippen molar-refractivity contribution >= 4 is 44.6 Å². The first-order valence-electron chi connectivity index (χ1n) is 4.99. The molecule has 1 aromatic heterocycles. The topological polar surface area (TPSA) is 83.5 Å². The van der Waals surface area contributed by atoms with E-state index < -0.39 is 16.0 Å². The Morgan fingerprint density at radius 2 is 2.05 bits per heavy atom. The highest BCUT2D eigenvalue weighted by Gasteiger charge is 2.19. The monoisotopic (exact) mass is 317 g/mol. The predicted octanol–water partition coefficient (Wildman–Crippen LogP) is 2.90. The molecule has 0 fully saturated rings. The Balaban J connectivity index is 2.42. The van der Waals surface area contributed by atoms with Crippen LogP contribution in [0.15, 0.2) is 39.9 Å². The van der Waals surface area contributed by atoms with Crippen molar-refractivity contribution < 1.29 is 18.3 Å². The number of carbonyl (C=O) groups is 1. The van der Waals surface area contributed by atoms with E-state index in [1.807, 2.05) is 0 Å². The van der Waals surface area contributed by atoms with Crippen molar-refractivity contribution in [3.63, 3.8) is 0 Å². The van der Waals surface area contributed by atoms with Crippen LogP contribution in [0, 0.1) is 0 Å². The molecule has 100 valence electrons. The number of nitrogens with one attached hydrogen (secondary N) is 1. The van der Waals surface area contributed by atoms with Crippen LogP contribution in [0.4, 0.5) is 5.69 Å². The summed E-state index contributed by atoms with van der Waals surface area (Å²) in [6.45, 7) is 0. The number of hydrogen-bond donors (Lipinski definition) is 2. The summed E-state index contributed by atoms with van der Waals surface area (Å²) in [6, 6.07) is 6.95. The summed E-state index contributed by atoms with van der Waals surface area (Å²) in [6.07, 6.45) is 0. The van der Waals surface area contributed by atoms with Crippen molar-refractivity contribution in [1.82, 2.24) is 0 Å². The van der Waals surface area contributed by atoms with E-state index in [1.165, 1.54) is 24.3 Å². The molecule has 0 aliphatic heterocycles. The first-order valence-corrected chi connectivity index (χ1v) is 7.73. The molecule has 0 aliphatic rings. The van der Waals surface area contributed by atoms with E-state index >= 15 is 0 Å². The lowest BCUT2D eigenvalue weighted by Crippen LogP contribution is -2.14. The Bertz CT molecular complexity index is 710. The second-order valence-corrected chi connectivity index (χ2v) is 6.83. The maximum absolute atomic E-state index is 12.0. The molecule has 19 heavy (non-hydrogen) atoms. The van der Waals surface area contributed by atoms with Crippen LogP contribution in [0.1, 0.15) is 10.4 Å². The number of halogens is 1. The number of sulfonamides is 1. The summed E-state index contributed by atoms with van der Waals surface area (Å²) in [5.41, 5.74) is -0.224. The van der Waals surface area contributed by atoms with E-state index in [0.29, 0.717) is 0 Å². The second kappa shape index (κ2) is 5.20. The van der Waals surface area contributed by atoms with Gasteiger partial charge in [-0.15, -0.1) is 11.3 Å². The number of carboxylic acids is 1. The van der Waals surface area contributed by atoms with E-state index in [0.717, 1.165) is 11.3 Å². The maximum Gasteiger partial charge on any atom is 0.337 e. The van der Waals surface area contributed by atoms with Gasteiger partial charge in [-0.05, 0) is 29.6 Å². The molecule has 2 rings (SSSR count). The fourth-order valence-electron chi connectivity index (χ4n) is 1.39. The van der Waals surface area contributed by atoms with Gasteiger partial charge in [-0.1, -0.05) is 17.7 Å². The van der Waals surface area contributed by atoms with Gasteiger partial charge in [0.15, 0.2) is 0 Å². The molecule has 1 aromatic carbocycles. The number of rotatable bonds is 4. The van der Waals surface area contributed by atoms with Gasteiger partial charge in [-0.25, -0.2) is 13.2 Å². The van der Waals surface area contributed by atoms with Crippen LogP contribution in [0.3, 0.4) is 0 Å². The summed E-state index contributed by atoms with van der Waals surface area (Å²) in [5, 5.41) is 10.9. The van der Waals surface area contributed by atoms with Crippen molar-refractivity contribution in [2.45, 2.75) is 4.21 Å². The van der Waals surface area contributed by atoms with Gasteiger partial charge in [0.1, 0.15) is 4.21 Å². The Morgan fingerprint density at radius 3 is 2.63 bits per heavy atom. The van der Waals surface area contributed by atoms with Gasteiger partial charge in [0.05, 0.1) is 11.3 Å². The van der Waals surface area contributed by atoms with Crippen LogP contribution >= 0.6 is 22.9 Å². The third-order valence-electron chi connectivity index (χ3n) is 2.22. The fraction of sp³-hybridized carbons (Fsp3) is 0. The highest BCUT2D eigenvalue weighted by molar-refractivity contribution is 7.94.